The van der Waals surface area contributed by atoms with Gasteiger partial charge < -0.3 is 0 Å². The third-order valence-electron chi connectivity index (χ3n) is 4.68. The first-order valence-corrected chi connectivity index (χ1v) is 9.70. The van der Waals surface area contributed by atoms with E-state index in [1.165, 1.54) is 23.4 Å². The van der Waals surface area contributed by atoms with Gasteiger partial charge in [-0.25, -0.2) is 13.6 Å². The van der Waals surface area contributed by atoms with Crippen molar-refractivity contribution in [1.82, 2.24) is 0 Å². The van der Waals surface area contributed by atoms with E-state index in [1.54, 1.807) is 36.6 Å². The number of halogens is 2. The second-order valence-corrected chi connectivity index (χ2v) is 7.60. The van der Waals surface area contributed by atoms with Crippen molar-refractivity contribution in [3.05, 3.63) is 76.2 Å². The highest BCUT2D eigenvalue weighted by Crippen LogP contribution is 2.35. The fourth-order valence-corrected chi connectivity index (χ4v) is 4.46. The molecule has 0 fully saturated rings. The van der Waals surface area contributed by atoms with Crippen LogP contribution in [0.1, 0.15) is 18.1 Å². The van der Waals surface area contributed by atoms with Crippen molar-refractivity contribution in [2.75, 3.05) is 11.9 Å². The number of benzene rings is 2. The average Bonchev–Trinajstić information content (AvgIpc) is 3.09. The minimum absolute atomic E-state index is 0.109. The van der Waals surface area contributed by atoms with Crippen molar-refractivity contribution < 1.29 is 22.9 Å². The van der Waals surface area contributed by atoms with Crippen LogP contribution in [0.3, 0.4) is 0 Å². The lowest BCUT2D eigenvalue weighted by Crippen LogP contribution is -2.55. The SMILES string of the molecule is CC1=CSC2C(=O)N(c3c(F)cc(C#Cc4ccccc4)cc3F)C(=O)[N+](C)=C12. The molecule has 2 heterocycles. The molecule has 0 N–H and O–H groups in total. The van der Waals surface area contributed by atoms with Crippen LogP contribution in [0.15, 0.2) is 53.4 Å². The standard InChI is InChI=1S/C22H15F2N2O2S/c1-13-12-29-20-18(13)25(2)22(28)26(21(20)27)19-16(23)10-15(11-17(19)24)9-8-14-6-4-3-5-7-14/h3-7,10-12,20H,1-2H3/q+1. The van der Waals surface area contributed by atoms with Crippen LogP contribution < -0.4 is 4.90 Å². The zero-order valence-electron chi connectivity index (χ0n) is 15.6. The molecule has 0 spiro atoms. The Balaban J connectivity index is 1.73. The Labute approximate surface area is 170 Å². The molecule has 1 unspecified atom stereocenters. The van der Waals surface area contributed by atoms with E-state index in [0.29, 0.717) is 16.2 Å². The van der Waals surface area contributed by atoms with Crippen LogP contribution in [0.4, 0.5) is 19.3 Å². The third kappa shape index (κ3) is 3.26. The van der Waals surface area contributed by atoms with Gasteiger partial charge in [0.2, 0.25) is 5.69 Å². The number of hydrogen-bond acceptors (Lipinski definition) is 3. The Hall–Kier alpha value is -3.24. The maximum absolute atomic E-state index is 14.8. The van der Waals surface area contributed by atoms with Gasteiger partial charge in [0.25, 0.3) is 0 Å². The summed E-state index contributed by atoms with van der Waals surface area (Å²) in [6.45, 7) is 1.79. The smallest absolute Gasteiger partial charge is 0.244 e. The Kier molecular flexibility index (Phi) is 4.81. The number of rotatable bonds is 1. The van der Waals surface area contributed by atoms with Crippen molar-refractivity contribution in [3.8, 4) is 11.8 Å². The van der Waals surface area contributed by atoms with Gasteiger partial charge in [-0.2, -0.15) is 9.37 Å². The van der Waals surface area contributed by atoms with Gasteiger partial charge >= 0.3 is 11.9 Å². The van der Waals surface area contributed by atoms with Gasteiger partial charge in [0.15, 0.2) is 16.9 Å². The molecule has 2 aliphatic heterocycles. The number of fused-ring (bicyclic) bond motifs is 1. The number of thioether (sulfide) groups is 1. The molecule has 1 atom stereocenters. The van der Waals surface area contributed by atoms with Gasteiger partial charge in [0.05, 0.1) is 7.05 Å². The van der Waals surface area contributed by atoms with Crippen molar-refractivity contribution >= 4 is 35.1 Å². The van der Waals surface area contributed by atoms with Crippen molar-refractivity contribution in [2.45, 2.75) is 12.2 Å². The minimum Gasteiger partial charge on any atom is -0.244 e. The molecule has 0 aliphatic carbocycles. The van der Waals surface area contributed by atoms with Gasteiger partial charge in [-0.05, 0) is 42.2 Å². The summed E-state index contributed by atoms with van der Waals surface area (Å²) < 4.78 is 30.9. The van der Waals surface area contributed by atoms with E-state index >= 15 is 0 Å². The first kappa shape index (κ1) is 19.1. The van der Waals surface area contributed by atoms with E-state index in [9.17, 15) is 18.4 Å². The molecule has 29 heavy (non-hydrogen) atoms. The zero-order chi connectivity index (χ0) is 20.7. The number of amides is 3. The molecular weight excluding hydrogens is 394 g/mol. The molecule has 2 aromatic carbocycles. The fraction of sp³-hybridized carbons (Fsp3) is 0.136. The topological polar surface area (TPSA) is 40.4 Å². The Morgan fingerprint density at radius 1 is 1.03 bits per heavy atom. The van der Waals surface area contributed by atoms with Crippen LogP contribution >= 0.6 is 11.8 Å². The van der Waals surface area contributed by atoms with Crippen LogP contribution in [0, 0.1) is 23.5 Å². The van der Waals surface area contributed by atoms with E-state index in [2.05, 4.69) is 11.8 Å². The molecule has 0 saturated carbocycles. The monoisotopic (exact) mass is 409 g/mol. The highest BCUT2D eigenvalue weighted by molar-refractivity contribution is 8.04. The summed E-state index contributed by atoms with van der Waals surface area (Å²) in [5.74, 6) is 2.82. The van der Waals surface area contributed by atoms with Crippen LogP contribution in [0.2, 0.25) is 0 Å². The maximum Gasteiger partial charge on any atom is 0.506 e. The van der Waals surface area contributed by atoms with Gasteiger partial charge in [-0.3, -0.25) is 0 Å². The summed E-state index contributed by atoms with van der Waals surface area (Å²) >= 11 is 1.22. The highest BCUT2D eigenvalue weighted by atomic mass is 32.2. The summed E-state index contributed by atoms with van der Waals surface area (Å²) in [4.78, 5) is 26.2. The zero-order valence-corrected chi connectivity index (χ0v) is 16.4. The summed E-state index contributed by atoms with van der Waals surface area (Å²) in [6, 6.07) is 10.3. The number of carbonyl (C=O) groups excluding carboxylic acids is 2. The van der Waals surface area contributed by atoms with Crippen molar-refractivity contribution in [1.29, 1.82) is 0 Å². The number of imide groups is 1. The molecule has 144 valence electrons. The van der Waals surface area contributed by atoms with E-state index < -0.39 is 34.5 Å². The number of anilines is 1. The Morgan fingerprint density at radius 2 is 1.66 bits per heavy atom. The second-order valence-electron chi connectivity index (χ2n) is 6.62. The summed E-state index contributed by atoms with van der Waals surface area (Å²) in [5, 5.41) is 1.06. The van der Waals surface area contributed by atoms with E-state index in [1.807, 2.05) is 6.07 Å². The van der Waals surface area contributed by atoms with Gasteiger partial charge in [-0.1, -0.05) is 30.0 Å². The molecule has 0 aromatic heterocycles. The number of nitrogens with zero attached hydrogens (tertiary/aromatic N) is 2. The number of allylic oxidation sites excluding steroid dienone is 1. The van der Waals surface area contributed by atoms with E-state index in [-0.39, 0.29) is 5.56 Å². The lowest BCUT2D eigenvalue weighted by atomic mass is 10.1. The number of carbonyl (C=O) groups is 2. The molecular formula is C22H15F2N2O2S+. The van der Waals surface area contributed by atoms with Crippen LogP contribution in [-0.2, 0) is 4.79 Å². The highest BCUT2D eigenvalue weighted by Gasteiger charge is 2.52. The Bertz CT molecular complexity index is 1150. The minimum atomic E-state index is -1.02. The quantitative estimate of drug-likeness (QED) is 0.529. The number of hydrogen-bond donors (Lipinski definition) is 0. The average molecular weight is 409 g/mol. The van der Waals surface area contributed by atoms with E-state index in [4.69, 9.17) is 0 Å². The lowest BCUT2D eigenvalue weighted by molar-refractivity contribution is -0.392. The molecule has 2 aliphatic rings. The van der Waals surface area contributed by atoms with Gasteiger partial charge in [0, 0.05) is 11.1 Å². The molecule has 0 saturated heterocycles. The second kappa shape index (κ2) is 7.30. The first-order valence-electron chi connectivity index (χ1n) is 8.75. The predicted molar refractivity (Wildman–Crippen MR) is 108 cm³/mol. The summed E-state index contributed by atoms with van der Waals surface area (Å²) in [6.07, 6.45) is 0. The lowest BCUT2D eigenvalue weighted by Gasteiger charge is -2.23. The predicted octanol–water partition coefficient (Wildman–Crippen LogP) is 3.93. The Morgan fingerprint density at radius 3 is 2.31 bits per heavy atom. The van der Waals surface area contributed by atoms with Crippen LogP contribution in [0.5, 0.6) is 0 Å². The van der Waals surface area contributed by atoms with Gasteiger partial charge in [0.1, 0.15) is 5.71 Å². The molecule has 3 amide bonds. The van der Waals surface area contributed by atoms with Crippen molar-refractivity contribution in [2.24, 2.45) is 0 Å². The molecule has 4 rings (SSSR count). The normalized spacial score (nSPS) is 18.4. The van der Waals surface area contributed by atoms with Crippen LogP contribution in [0.25, 0.3) is 0 Å². The third-order valence-corrected chi connectivity index (χ3v) is 5.87. The molecule has 2 aromatic rings. The summed E-state index contributed by atoms with van der Waals surface area (Å²) in [7, 11) is 1.49. The van der Waals surface area contributed by atoms with Crippen molar-refractivity contribution in [3.63, 3.8) is 0 Å². The summed E-state index contributed by atoms with van der Waals surface area (Å²) in [5.41, 5.74) is 1.47. The maximum atomic E-state index is 14.8. The largest absolute Gasteiger partial charge is 0.506 e. The molecule has 4 nitrogen and oxygen atoms in total. The fourth-order valence-electron chi connectivity index (χ4n) is 3.30. The molecule has 0 radical (unpaired) electrons. The van der Waals surface area contributed by atoms with Crippen LogP contribution in [-0.4, -0.2) is 34.5 Å². The molecule has 0 bridgehead atoms. The van der Waals surface area contributed by atoms with E-state index in [0.717, 1.165) is 17.7 Å². The van der Waals surface area contributed by atoms with Gasteiger partial charge in [-0.15, -0.1) is 16.7 Å². The first-order chi connectivity index (χ1) is 13.9. The number of urea groups is 1. The molecule has 7 heteroatoms.